The number of carbonyl (C=O) groups excluding carboxylic acids is 4. The summed E-state index contributed by atoms with van der Waals surface area (Å²) in [6.45, 7) is 5.55. The number of oxime groups is 1. The molecule has 4 heterocycles. The third kappa shape index (κ3) is 7.52. The number of anilines is 1. The summed E-state index contributed by atoms with van der Waals surface area (Å²) in [6, 6.07) is 2.58. The summed E-state index contributed by atoms with van der Waals surface area (Å²) in [5, 5.41) is 16.0. The van der Waals surface area contributed by atoms with Gasteiger partial charge in [0.2, 0.25) is 0 Å². The second-order valence-corrected chi connectivity index (χ2v) is 12.1. The Hall–Kier alpha value is -4.50. The minimum absolute atomic E-state index is 0.00339. The molecular formula is C29H32N6O7S2. The van der Waals surface area contributed by atoms with Crippen molar-refractivity contribution in [1.29, 1.82) is 0 Å². The number of hydrogen-bond donors (Lipinski definition) is 3. The Balaban J connectivity index is 1.53. The molecule has 44 heavy (non-hydrogen) atoms. The number of nitrogen functional groups attached to an aromatic ring is 1. The van der Waals surface area contributed by atoms with Gasteiger partial charge in [0.05, 0.1) is 12.2 Å². The van der Waals surface area contributed by atoms with Crippen molar-refractivity contribution in [3.8, 4) is 0 Å². The third-order valence-electron chi connectivity index (χ3n) is 6.62. The predicted molar refractivity (Wildman–Crippen MR) is 165 cm³/mol. The summed E-state index contributed by atoms with van der Waals surface area (Å²) in [5.74, 6) is -2.14. The average Bonchev–Trinajstić information content (AvgIpc) is 3.44. The predicted octanol–water partition coefficient (Wildman–Crippen LogP) is 2.74. The summed E-state index contributed by atoms with van der Waals surface area (Å²) in [4.78, 5) is 61.6. The van der Waals surface area contributed by atoms with Crippen LogP contribution in [0, 0.1) is 5.92 Å². The maximum absolute atomic E-state index is 13.5. The van der Waals surface area contributed by atoms with E-state index < -0.39 is 40.9 Å². The fraction of sp³-hybridized carbons (Fsp3) is 0.345. The lowest BCUT2D eigenvalue weighted by atomic mass is 10.0. The number of amides is 2. The molecule has 2 aromatic heterocycles. The van der Waals surface area contributed by atoms with Gasteiger partial charge in [0.25, 0.3) is 11.8 Å². The van der Waals surface area contributed by atoms with Crippen LogP contribution in [0.5, 0.6) is 0 Å². The molecule has 2 amide bonds. The largest absolute Gasteiger partial charge is 0.462 e. The van der Waals surface area contributed by atoms with Crippen LogP contribution in [0.25, 0.3) is 6.08 Å². The lowest BCUT2D eigenvalue weighted by Gasteiger charge is -2.49. The number of nitrogens with one attached hydrogen (secondary N) is 1. The van der Waals surface area contributed by atoms with Crippen molar-refractivity contribution in [2.24, 2.45) is 11.1 Å². The van der Waals surface area contributed by atoms with E-state index in [4.69, 9.17) is 15.2 Å². The molecule has 0 spiro atoms. The van der Waals surface area contributed by atoms with Gasteiger partial charge in [0, 0.05) is 23.5 Å². The highest BCUT2D eigenvalue weighted by Crippen LogP contribution is 2.41. The molecule has 1 saturated heterocycles. The first-order valence-electron chi connectivity index (χ1n) is 13.6. The van der Waals surface area contributed by atoms with Crippen LogP contribution < -0.4 is 11.1 Å². The van der Waals surface area contributed by atoms with Crippen molar-refractivity contribution >= 4 is 63.8 Å². The molecule has 0 radical (unpaired) electrons. The topological polar surface area (TPSA) is 186 Å². The first-order valence-corrected chi connectivity index (χ1v) is 15.6. The van der Waals surface area contributed by atoms with Crippen LogP contribution in [0.3, 0.4) is 0 Å². The Labute approximate surface area is 261 Å². The normalized spacial score (nSPS) is 18.7. The van der Waals surface area contributed by atoms with Crippen molar-refractivity contribution in [2.45, 2.75) is 38.6 Å². The van der Waals surface area contributed by atoms with Crippen LogP contribution in [-0.2, 0) is 28.7 Å². The molecule has 0 aromatic carbocycles. The second-order valence-electron chi connectivity index (χ2n) is 10.1. The number of ether oxygens (including phenoxy) is 2. The molecule has 1 fully saturated rings. The number of carbonyl (C=O) groups is 4. The molecule has 2 aliphatic heterocycles. The van der Waals surface area contributed by atoms with E-state index in [0.29, 0.717) is 23.7 Å². The lowest BCUT2D eigenvalue weighted by Crippen LogP contribution is -2.71. The molecule has 4 N–H and O–H groups in total. The number of allylic oxidation sites excluding steroid dienone is 2. The fourth-order valence-electron chi connectivity index (χ4n) is 4.20. The lowest BCUT2D eigenvalue weighted by molar-refractivity contribution is -0.152. The summed E-state index contributed by atoms with van der Waals surface area (Å²) in [5.41, 5.74) is 6.73. The molecule has 0 aliphatic carbocycles. The summed E-state index contributed by atoms with van der Waals surface area (Å²) >= 11 is 2.39. The van der Waals surface area contributed by atoms with Crippen molar-refractivity contribution in [3.63, 3.8) is 0 Å². The van der Waals surface area contributed by atoms with Gasteiger partial charge >= 0.3 is 11.9 Å². The third-order valence-corrected chi connectivity index (χ3v) is 8.59. The van der Waals surface area contributed by atoms with Gasteiger partial charge in [-0.25, -0.2) is 14.6 Å². The Morgan fingerprint density at radius 1 is 1.30 bits per heavy atom. The fourth-order valence-corrected chi connectivity index (χ4v) is 6.07. The van der Waals surface area contributed by atoms with E-state index >= 15 is 0 Å². The summed E-state index contributed by atoms with van der Waals surface area (Å²) < 4.78 is 10.8. The molecule has 13 nitrogen and oxygen atoms in total. The van der Waals surface area contributed by atoms with Crippen molar-refractivity contribution in [2.75, 3.05) is 24.7 Å². The van der Waals surface area contributed by atoms with E-state index in [1.165, 1.54) is 28.1 Å². The number of thioether (sulfide) groups is 1. The second kappa shape index (κ2) is 14.8. The van der Waals surface area contributed by atoms with Crippen LogP contribution in [0.4, 0.5) is 5.13 Å². The van der Waals surface area contributed by atoms with Gasteiger partial charge in [-0.05, 0) is 36.5 Å². The average molecular weight is 641 g/mol. The van der Waals surface area contributed by atoms with Crippen molar-refractivity contribution in [1.82, 2.24) is 20.2 Å². The van der Waals surface area contributed by atoms with E-state index in [2.05, 4.69) is 20.4 Å². The number of nitrogens with zero attached hydrogens (tertiary/aromatic N) is 4. The Kier molecular flexibility index (Phi) is 10.9. The van der Waals surface area contributed by atoms with Crippen LogP contribution in [0.2, 0.25) is 0 Å². The molecular weight excluding hydrogens is 608 g/mol. The number of aromatic nitrogens is 2. The van der Waals surface area contributed by atoms with Gasteiger partial charge in [-0.1, -0.05) is 43.3 Å². The first kappa shape index (κ1) is 32.4. The maximum atomic E-state index is 13.5. The van der Waals surface area contributed by atoms with E-state index in [-0.39, 0.29) is 35.3 Å². The zero-order valence-corrected chi connectivity index (χ0v) is 25.9. The van der Waals surface area contributed by atoms with E-state index in [1.54, 1.807) is 37.5 Å². The van der Waals surface area contributed by atoms with Crippen LogP contribution >= 0.6 is 23.1 Å². The van der Waals surface area contributed by atoms with E-state index in [1.807, 2.05) is 19.9 Å². The molecule has 2 aromatic rings. The quantitative estimate of drug-likeness (QED) is 0.0773. The zero-order chi connectivity index (χ0) is 31.8. The Morgan fingerprint density at radius 3 is 2.73 bits per heavy atom. The zero-order valence-electron chi connectivity index (χ0n) is 24.3. The smallest absolute Gasteiger partial charge is 0.355 e. The highest BCUT2D eigenvalue weighted by Gasteiger charge is 2.54. The summed E-state index contributed by atoms with van der Waals surface area (Å²) in [7, 11) is 0. The molecule has 0 saturated carbocycles. The number of fused-ring (bicyclic) bond motifs is 1. The standard InChI is InChI=1S/C29H32N6O7S2/c1-4-18(27(38)41-11-9-16(2)3)13-42-28(39)23-19(8-7-17-6-5-10-31-12-17)14-43-26-22(25(37)35(23)26)33-24(36)21(34-40)20-15-44-29(30)32-20/h4-8,10,12,15-16,22,26,40H,9,11,13-14H2,1-3H3,(H2,30,32)(H,33,36)/b8-7-,18-4+,34-21-/t22-,26-/m1/s1. The number of hydrogen-bond acceptors (Lipinski definition) is 13. The maximum Gasteiger partial charge on any atom is 0.355 e. The SMILES string of the molecule is C/C=C(\COC(=O)C1=C(/C=C\c2cccnc2)CS[C@@H]2[C@H](NC(=O)/C(=N\O)c3csc(N)n3)C(=O)N12)C(=O)OCCC(C)C. The molecule has 15 heteroatoms. The van der Waals surface area contributed by atoms with Gasteiger partial charge < -0.3 is 25.7 Å². The summed E-state index contributed by atoms with van der Waals surface area (Å²) in [6.07, 6.45) is 8.95. The van der Waals surface area contributed by atoms with Gasteiger partial charge in [0.15, 0.2) is 10.8 Å². The van der Waals surface area contributed by atoms with Crippen LogP contribution in [-0.4, -0.2) is 79.9 Å². The Morgan fingerprint density at radius 2 is 2.09 bits per heavy atom. The molecule has 2 aliphatic rings. The highest BCUT2D eigenvalue weighted by atomic mass is 32.2. The number of nitrogens with two attached hydrogens (primary N) is 1. The van der Waals surface area contributed by atoms with Gasteiger partial charge in [-0.2, -0.15) is 0 Å². The number of rotatable bonds is 12. The Bertz CT molecular complexity index is 1530. The van der Waals surface area contributed by atoms with Gasteiger partial charge in [-0.3, -0.25) is 19.5 Å². The minimum atomic E-state index is -1.02. The molecule has 2 atom stereocenters. The van der Waals surface area contributed by atoms with E-state index in [0.717, 1.165) is 16.9 Å². The molecule has 0 bridgehead atoms. The molecule has 232 valence electrons. The van der Waals surface area contributed by atoms with Gasteiger partial charge in [-0.15, -0.1) is 23.1 Å². The highest BCUT2D eigenvalue weighted by molar-refractivity contribution is 8.00. The number of esters is 2. The van der Waals surface area contributed by atoms with Crippen LogP contribution in [0.15, 0.2) is 64.1 Å². The minimum Gasteiger partial charge on any atom is -0.462 e. The van der Waals surface area contributed by atoms with Crippen LogP contribution in [0.1, 0.15) is 38.4 Å². The van der Waals surface area contributed by atoms with E-state index in [9.17, 15) is 24.4 Å². The van der Waals surface area contributed by atoms with Crippen molar-refractivity contribution < 1.29 is 33.9 Å². The monoisotopic (exact) mass is 640 g/mol. The van der Waals surface area contributed by atoms with Gasteiger partial charge in [0.1, 0.15) is 29.4 Å². The van der Waals surface area contributed by atoms with Crippen molar-refractivity contribution in [3.05, 3.63) is 70.2 Å². The molecule has 0 unspecified atom stereocenters. The first-order chi connectivity index (χ1) is 21.1. The number of β-lactam (4-membered cyclic amide) rings is 1. The number of thiazole rings is 1. The number of pyridine rings is 1. The molecule has 4 rings (SSSR count).